The number of Topliss-reactive ketones (excluding diaryl/α,β-unsaturated/α-hetero) is 1. The summed E-state index contributed by atoms with van der Waals surface area (Å²) in [5.41, 5.74) is 6.37. The quantitative estimate of drug-likeness (QED) is 0.201. The van der Waals surface area contributed by atoms with Crippen LogP contribution in [-0.2, 0) is 0 Å². The van der Waals surface area contributed by atoms with Crippen LogP contribution in [0.15, 0.2) is 109 Å². The lowest BCUT2D eigenvalue weighted by Crippen LogP contribution is -1.90. The van der Waals surface area contributed by atoms with Crippen molar-refractivity contribution in [2.45, 2.75) is 41.5 Å². The molecular formula is C31H37NOS. The van der Waals surface area contributed by atoms with Gasteiger partial charge in [0, 0.05) is 16.2 Å². The van der Waals surface area contributed by atoms with Gasteiger partial charge in [-0.1, -0.05) is 113 Å². The SMILES string of the molecule is C=C/C=C\C(=C/C)SNc1ccc(-c2ccc(-c3ccc(C(C)=O)cc3)cc2)cc1.CC.CC. The van der Waals surface area contributed by atoms with Crippen molar-refractivity contribution in [2.75, 3.05) is 4.72 Å². The summed E-state index contributed by atoms with van der Waals surface area (Å²) in [7, 11) is 0. The van der Waals surface area contributed by atoms with E-state index in [-0.39, 0.29) is 5.78 Å². The van der Waals surface area contributed by atoms with Gasteiger partial charge in [-0.2, -0.15) is 0 Å². The van der Waals surface area contributed by atoms with Crippen LogP contribution in [0.1, 0.15) is 51.9 Å². The average Bonchev–Trinajstić information content (AvgIpc) is 2.91. The second kappa shape index (κ2) is 16.3. The van der Waals surface area contributed by atoms with Crippen molar-refractivity contribution >= 4 is 23.4 Å². The summed E-state index contributed by atoms with van der Waals surface area (Å²) in [4.78, 5) is 12.6. The molecule has 3 heteroatoms. The maximum Gasteiger partial charge on any atom is 0.159 e. The molecule has 0 fully saturated rings. The van der Waals surface area contributed by atoms with Gasteiger partial charge in [0.25, 0.3) is 0 Å². The first-order valence-corrected chi connectivity index (χ1v) is 12.6. The highest BCUT2D eigenvalue weighted by Crippen LogP contribution is 2.27. The molecule has 3 aromatic rings. The van der Waals surface area contributed by atoms with E-state index >= 15 is 0 Å². The molecule has 0 aromatic heterocycles. The largest absolute Gasteiger partial charge is 0.326 e. The Hall–Kier alpha value is -3.30. The van der Waals surface area contributed by atoms with E-state index in [1.807, 2.05) is 71.0 Å². The van der Waals surface area contributed by atoms with Crippen LogP contribution < -0.4 is 4.72 Å². The van der Waals surface area contributed by atoms with Gasteiger partial charge in [-0.05, 0) is 66.3 Å². The Balaban J connectivity index is 0.00000137. The molecule has 0 bridgehead atoms. The van der Waals surface area contributed by atoms with Crippen LogP contribution in [0, 0.1) is 0 Å². The van der Waals surface area contributed by atoms with E-state index in [0.29, 0.717) is 0 Å². The van der Waals surface area contributed by atoms with Gasteiger partial charge < -0.3 is 4.72 Å². The zero-order valence-electron chi connectivity index (χ0n) is 21.3. The Labute approximate surface area is 210 Å². The minimum absolute atomic E-state index is 0.0865. The Kier molecular flexibility index (Phi) is 13.8. The van der Waals surface area contributed by atoms with Gasteiger partial charge in [-0.15, -0.1) is 0 Å². The third-order valence-electron chi connectivity index (χ3n) is 4.70. The van der Waals surface area contributed by atoms with E-state index in [9.17, 15) is 4.79 Å². The predicted octanol–water partition coefficient (Wildman–Crippen LogP) is 9.98. The second-order valence-electron chi connectivity index (χ2n) is 6.78. The van der Waals surface area contributed by atoms with Crippen LogP contribution in [0.3, 0.4) is 0 Å². The maximum atomic E-state index is 11.4. The van der Waals surface area contributed by atoms with E-state index < -0.39 is 0 Å². The molecule has 0 atom stereocenters. The summed E-state index contributed by atoms with van der Waals surface area (Å²) < 4.78 is 3.37. The van der Waals surface area contributed by atoms with Crippen LogP contribution >= 0.6 is 11.9 Å². The van der Waals surface area contributed by atoms with Crippen LogP contribution in [0.25, 0.3) is 22.3 Å². The lowest BCUT2D eigenvalue weighted by Gasteiger charge is -2.08. The van der Waals surface area contributed by atoms with Crippen LogP contribution in [0.5, 0.6) is 0 Å². The number of hydrogen-bond donors (Lipinski definition) is 1. The molecule has 3 aromatic carbocycles. The fourth-order valence-corrected chi connectivity index (χ4v) is 3.59. The molecule has 0 amide bonds. The van der Waals surface area contributed by atoms with Gasteiger partial charge in [0.05, 0.1) is 0 Å². The molecule has 0 aliphatic rings. The Morgan fingerprint density at radius 3 is 1.56 bits per heavy atom. The molecule has 0 unspecified atom stereocenters. The number of nitrogens with one attached hydrogen (secondary N) is 1. The van der Waals surface area contributed by atoms with Gasteiger partial charge in [-0.25, -0.2) is 0 Å². The maximum absolute atomic E-state index is 11.4. The third-order valence-corrected chi connectivity index (χ3v) is 5.64. The number of ketones is 1. The first-order valence-electron chi connectivity index (χ1n) is 11.8. The van der Waals surface area contributed by atoms with Gasteiger partial charge in [0.1, 0.15) is 0 Å². The van der Waals surface area contributed by atoms with Gasteiger partial charge in [0.15, 0.2) is 5.78 Å². The lowest BCUT2D eigenvalue weighted by molar-refractivity contribution is 0.101. The van der Waals surface area contributed by atoms with Crippen molar-refractivity contribution < 1.29 is 4.79 Å². The molecule has 0 radical (unpaired) electrons. The van der Waals surface area contributed by atoms with Gasteiger partial charge in [-0.3, -0.25) is 4.79 Å². The molecule has 0 aliphatic carbocycles. The fourth-order valence-electron chi connectivity index (χ4n) is 2.95. The lowest BCUT2D eigenvalue weighted by atomic mass is 9.99. The third kappa shape index (κ3) is 8.92. The summed E-state index contributed by atoms with van der Waals surface area (Å²) in [6, 6.07) is 24.6. The van der Waals surface area contributed by atoms with Crippen molar-refractivity contribution in [1.29, 1.82) is 0 Å². The van der Waals surface area contributed by atoms with E-state index in [1.165, 1.54) is 11.1 Å². The van der Waals surface area contributed by atoms with Crippen LogP contribution in [-0.4, -0.2) is 5.78 Å². The molecule has 0 saturated carbocycles. The van der Waals surface area contributed by atoms with Crippen LogP contribution in [0.4, 0.5) is 5.69 Å². The number of allylic oxidation sites excluding steroid dienone is 4. The summed E-state index contributed by atoms with van der Waals surface area (Å²) in [5.74, 6) is 0.0865. The van der Waals surface area contributed by atoms with Crippen molar-refractivity contribution in [3.8, 4) is 22.3 Å². The number of anilines is 1. The standard InChI is InChI=1S/C27H25NOS.2C2H6/c1-4-6-7-27(5-2)30-28-26-18-16-25(17-19-26)24-14-12-23(13-15-24)22-10-8-21(9-11-22)20(3)29;2*1-2/h4-19,28H,1H2,2-3H3;2*1-2H3/b7-6-,27-5+;;. The minimum atomic E-state index is 0.0865. The molecule has 0 aliphatic heterocycles. The smallest absolute Gasteiger partial charge is 0.159 e. The Bertz CT molecular complexity index is 1060. The summed E-state index contributed by atoms with van der Waals surface area (Å²) in [6.45, 7) is 15.3. The van der Waals surface area contributed by atoms with E-state index in [1.54, 1.807) is 24.9 Å². The topological polar surface area (TPSA) is 29.1 Å². The summed E-state index contributed by atoms with van der Waals surface area (Å²) in [6.07, 6.45) is 7.77. The Morgan fingerprint density at radius 2 is 1.18 bits per heavy atom. The highest BCUT2D eigenvalue weighted by Gasteiger charge is 2.03. The molecule has 178 valence electrons. The fraction of sp³-hybridized carbons (Fsp3) is 0.194. The van der Waals surface area contributed by atoms with Crippen molar-refractivity contribution in [2.24, 2.45) is 0 Å². The summed E-state index contributed by atoms with van der Waals surface area (Å²) in [5, 5.41) is 0. The predicted molar refractivity (Wildman–Crippen MR) is 154 cm³/mol. The molecule has 3 rings (SSSR count). The number of rotatable bonds is 8. The second-order valence-corrected chi connectivity index (χ2v) is 7.66. The monoisotopic (exact) mass is 471 g/mol. The number of benzene rings is 3. The highest BCUT2D eigenvalue weighted by atomic mass is 32.2. The zero-order chi connectivity index (χ0) is 25.3. The van der Waals surface area contributed by atoms with Gasteiger partial charge in [0.2, 0.25) is 0 Å². The molecule has 1 N–H and O–H groups in total. The molecule has 0 saturated heterocycles. The molecule has 34 heavy (non-hydrogen) atoms. The number of hydrogen-bond acceptors (Lipinski definition) is 3. The number of carbonyl (C=O) groups is 1. The van der Waals surface area contributed by atoms with Gasteiger partial charge >= 0.3 is 0 Å². The molecule has 0 spiro atoms. The summed E-state index contributed by atoms with van der Waals surface area (Å²) >= 11 is 1.57. The Morgan fingerprint density at radius 1 is 0.765 bits per heavy atom. The first-order chi connectivity index (χ1) is 16.6. The van der Waals surface area contributed by atoms with Crippen LogP contribution in [0.2, 0.25) is 0 Å². The van der Waals surface area contributed by atoms with E-state index in [2.05, 4.69) is 65.9 Å². The average molecular weight is 472 g/mol. The molecular weight excluding hydrogens is 434 g/mol. The van der Waals surface area contributed by atoms with E-state index in [4.69, 9.17) is 0 Å². The highest BCUT2D eigenvalue weighted by molar-refractivity contribution is 8.04. The van der Waals surface area contributed by atoms with Crippen molar-refractivity contribution in [3.63, 3.8) is 0 Å². The zero-order valence-corrected chi connectivity index (χ0v) is 22.1. The number of carbonyl (C=O) groups excluding carboxylic acids is 1. The normalized spacial score (nSPS) is 10.5. The van der Waals surface area contributed by atoms with Crippen molar-refractivity contribution in [3.05, 3.63) is 114 Å². The minimum Gasteiger partial charge on any atom is -0.326 e. The molecule has 2 nitrogen and oxygen atoms in total. The van der Waals surface area contributed by atoms with E-state index in [0.717, 1.165) is 27.3 Å². The first kappa shape index (κ1) is 28.7. The molecule has 0 heterocycles. The van der Waals surface area contributed by atoms with Crippen molar-refractivity contribution in [1.82, 2.24) is 0 Å².